The molecule has 2 N–H and O–H groups in total. The second-order valence-corrected chi connectivity index (χ2v) is 3.47. The summed E-state index contributed by atoms with van der Waals surface area (Å²) in [6.45, 7) is 0. The zero-order valence-corrected chi connectivity index (χ0v) is 7.63. The number of benzene rings is 1. The highest BCUT2D eigenvalue weighted by Crippen LogP contribution is 2.41. The Labute approximate surface area is 78.3 Å². The summed E-state index contributed by atoms with van der Waals surface area (Å²) in [7, 11) is -4.76. The van der Waals surface area contributed by atoms with Crippen LogP contribution in [0.4, 0.5) is 5.69 Å². The van der Waals surface area contributed by atoms with Crippen LogP contribution in [0.5, 0.6) is 5.75 Å². The molecule has 0 bridgehead atoms. The largest absolute Gasteiger partial charge is 0.525 e. The maximum atomic E-state index is 10.4. The van der Waals surface area contributed by atoms with E-state index in [9.17, 15) is 14.7 Å². The predicted molar refractivity (Wildman–Crippen MR) is 45.8 cm³/mol. The molecule has 0 aromatic heterocycles. The number of phosphoric ester groups is 1. The van der Waals surface area contributed by atoms with Crippen LogP contribution in [-0.2, 0) is 4.57 Å². The minimum absolute atomic E-state index is 0.453. The Hall–Kier alpha value is -1.43. The molecule has 0 saturated heterocycles. The van der Waals surface area contributed by atoms with E-state index in [-0.39, 0.29) is 0 Å². The minimum atomic E-state index is -4.76. The van der Waals surface area contributed by atoms with E-state index in [0.717, 1.165) is 12.1 Å². The van der Waals surface area contributed by atoms with E-state index in [2.05, 4.69) is 4.52 Å². The monoisotopic (exact) mass is 219 g/mol. The zero-order chi connectivity index (χ0) is 10.8. The Morgan fingerprint density at radius 2 is 1.93 bits per heavy atom. The lowest BCUT2D eigenvalue weighted by molar-refractivity contribution is -0.385. The Bertz CT molecular complexity index is 399. The van der Waals surface area contributed by atoms with Gasteiger partial charge in [-0.05, 0) is 6.07 Å². The molecule has 0 aliphatic heterocycles. The first-order valence-corrected chi connectivity index (χ1v) is 4.92. The van der Waals surface area contributed by atoms with Crippen molar-refractivity contribution in [1.29, 1.82) is 0 Å². The van der Waals surface area contributed by atoms with Gasteiger partial charge in [0.25, 0.3) is 0 Å². The fourth-order valence-corrected chi connectivity index (χ4v) is 1.22. The van der Waals surface area contributed by atoms with Gasteiger partial charge in [-0.3, -0.25) is 19.9 Å². The van der Waals surface area contributed by atoms with Gasteiger partial charge in [0.1, 0.15) is 0 Å². The van der Waals surface area contributed by atoms with Crippen molar-refractivity contribution in [3.8, 4) is 5.75 Å². The predicted octanol–water partition coefficient (Wildman–Crippen LogP) is 1.07. The molecule has 0 saturated carbocycles. The highest BCUT2D eigenvalue weighted by molar-refractivity contribution is 7.46. The third kappa shape index (κ3) is 2.81. The van der Waals surface area contributed by atoms with E-state index in [1.165, 1.54) is 12.1 Å². The second kappa shape index (κ2) is 3.75. The first-order chi connectivity index (χ1) is 6.40. The fraction of sp³-hybridized carbons (Fsp3) is 0. The van der Waals surface area contributed by atoms with Crippen molar-refractivity contribution in [1.82, 2.24) is 0 Å². The van der Waals surface area contributed by atoms with Crippen molar-refractivity contribution >= 4 is 13.5 Å². The molecular formula is C6H6NO6P. The van der Waals surface area contributed by atoms with Crippen molar-refractivity contribution in [3.63, 3.8) is 0 Å². The summed E-state index contributed by atoms with van der Waals surface area (Å²) in [5.74, 6) is -0.453. The van der Waals surface area contributed by atoms with E-state index in [4.69, 9.17) is 9.79 Å². The number of hydrogen-bond donors (Lipinski definition) is 2. The maximum absolute atomic E-state index is 10.4. The normalized spacial score (nSPS) is 11.0. The molecule has 0 aliphatic rings. The number of nitro benzene ring substituents is 1. The molecule has 1 aromatic carbocycles. The molecule has 0 amide bonds. The van der Waals surface area contributed by atoms with Crippen molar-refractivity contribution < 1.29 is 23.8 Å². The smallest absolute Gasteiger partial charge is 0.397 e. The lowest BCUT2D eigenvalue weighted by atomic mass is 10.3. The van der Waals surface area contributed by atoms with Crippen molar-refractivity contribution in [3.05, 3.63) is 34.4 Å². The first-order valence-electron chi connectivity index (χ1n) is 3.39. The molecule has 8 heteroatoms. The molecule has 0 spiro atoms. The number of para-hydroxylation sites is 2. The Morgan fingerprint density at radius 1 is 1.36 bits per heavy atom. The summed E-state index contributed by atoms with van der Waals surface area (Å²) in [4.78, 5) is 26.5. The third-order valence-corrected chi connectivity index (χ3v) is 1.71. The van der Waals surface area contributed by atoms with Crippen LogP contribution in [-0.4, -0.2) is 14.7 Å². The molecule has 76 valence electrons. The SMILES string of the molecule is O=[N+]([O-])c1ccccc1OP(=O)(O)O. The van der Waals surface area contributed by atoms with Crippen LogP contribution in [0, 0.1) is 10.1 Å². The van der Waals surface area contributed by atoms with E-state index in [0.29, 0.717) is 0 Å². The number of nitrogens with zero attached hydrogens (tertiary/aromatic N) is 1. The molecule has 0 aliphatic carbocycles. The van der Waals surface area contributed by atoms with Crippen molar-refractivity contribution in [2.24, 2.45) is 0 Å². The topological polar surface area (TPSA) is 110 Å². The summed E-state index contributed by atoms with van der Waals surface area (Å²) < 4.78 is 14.5. The van der Waals surface area contributed by atoms with Gasteiger partial charge in [-0.2, -0.15) is 0 Å². The van der Waals surface area contributed by atoms with Crippen LogP contribution >= 0.6 is 7.82 Å². The summed E-state index contributed by atoms with van der Waals surface area (Å²) >= 11 is 0. The maximum Gasteiger partial charge on any atom is 0.525 e. The Balaban J connectivity index is 3.08. The van der Waals surface area contributed by atoms with Gasteiger partial charge < -0.3 is 4.52 Å². The molecule has 1 aromatic rings. The second-order valence-electron chi connectivity index (χ2n) is 2.31. The van der Waals surface area contributed by atoms with Crippen LogP contribution in [0.1, 0.15) is 0 Å². The van der Waals surface area contributed by atoms with Gasteiger partial charge in [0.05, 0.1) is 4.92 Å². The summed E-state index contributed by atoms with van der Waals surface area (Å²) in [5, 5.41) is 10.4. The molecule has 7 nitrogen and oxygen atoms in total. The molecular weight excluding hydrogens is 213 g/mol. The molecule has 0 unspecified atom stereocenters. The quantitative estimate of drug-likeness (QED) is 0.446. The van der Waals surface area contributed by atoms with Crippen molar-refractivity contribution in [2.45, 2.75) is 0 Å². The number of nitro groups is 1. The van der Waals surface area contributed by atoms with Gasteiger partial charge in [0.2, 0.25) is 5.75 Å². The van der Waals surface area contributed by atoms with Crippen LogP contribution < -0.4 is 4.52 Å². The van der Waals surface area contributed by atoms with Gasteiger partial charge in [-0.15, -0.1) is 0 Å². The molecule has 1 rings (SSSR count). The highest BCUT2D eigenvalue weighted by Gasteiger charge is 2.22. The summed E-state index contributed by atoms with van der Waals surface area (Å²) in [5.41, 5.74) is -0.490. The number of phosphoric acid groups is 1. The van der Waals surface area contributed by atoms with Crippen molar-refractivity contribution in [2.75, 3.05) is 0 Å². The highest BCUT2D eigenvalue weighted by atomic mass is 31.2. The zero-order valence-electron chi connectivity index (χ0n) is 6.73. The number of hydrogen-bond acceptors (Lipinski definition) is 4. The average molecular weight is 219 g/mol. The van der Waals surface area contributed by atoms with Crippen LogP contribution in [0.25, 0.3) is 0 Å². The fourth-order valence-electron chi connectivity index (χ4n) is 0.813. The van der Waals surface area contributed by atoms with Crippen LogP contribution in [0.2, 0.25) is 0 Å². The molecule has 0 heterocycles. The van der Waals surface area contributed by atoms with E-state index < -0.39 is 24.2 Å². The van der Waals surface area contributed by atoms with Gasteiger partial charge in [0.15, 0.2) is 0 Å². The molecule has 14 heavy (non-hydrogen) atoms. The van der Waals surface area contributed by atoms with Gasteiger partial charge in [0, 0.05) is 6.07 Å². The number of rotatable bonds is 3. The Kier molecular flexibility index (Phi) is 2.85. The minimum Gasteiger partial charge on any atom is -0.397 e. The molecule has 0 fully saturated rings. The summed E-state index contributed by atoms with van der Waals surface area (Å²) in [6.07, 6.45) is 0. The van der Waals surface area contributed by atoms with Crippen LogP contribution in [0.15, 0.2) is 24.3 Å². The average Bonchev–Trinajstić information content (AvgIpc) is 2.01. The van der Waals surface area contributed by atoms with Gasteiger partial charge >= 0.3 is 13.5 Å². The van der Waals surface area contributed by atoms with E-state index in [1.807, 2.05) is 0 Å². The third-order valence-electron chi connectivity index (χ3n) is 1.28. The molecule has 0 radical (unpaired) electrons. The van der Waals surface area contributed by atoms with Crippen LogP contribution in [0.3, 0.4) is 0 Å². The lowest BCUT2D eigenvalue weighted by Crippen LogP contribution is -1.95. The van der Waals surface area contributed by atoms with Gasteiger partial charge in [-0.1, -0.05) is 12.1 Å². The lowest BCUT2D eigenvalue weighted by Gasteiger charge is -2.05. The van der Waals surface area contributed by atoms with Gasteiger partial charge in [-0.25, -0.2) is 4.57 Å². The van der Waals surface area contributed by atoms with E-state index in [1.54, 1.807) is 0 Å². The molecule has 0 atom stereocenters. The van der Waals surface area contributed by atoms with E-state index >= 15 is 0 Å². The first kappa shape index (κ1) is 10.6. The summed E-state index contributed by atoms with van der Waals surface area (Å²) in [6, 6.07) is 4.94. The Morgan fingerprint density at radius 3 is 2.43 bits per heavy atom. The standard InChI is InChI=1S/C6H6NO6P/c8-7(9)5-3-1-2-4-6(5)13-14(10,11)12/h1-4H,(H2,10,11,12).